The summed E-state index contributed by atoms with van der Waals surface area (Å²) in [5, 5.41) is 0. The molecule has 2 saturated heterocycles. The Balaban J connectivity index is 1.95. The average Bonchev–Trinajstić information content (AvgIpc) is 3.04. The summed E-state index contributed by atoms with van der Waals surface area (Å²) in [6.07, 6.45) is 0.121. The van der Waals surface area contributed by atoms with E-state index >= 15 is 0 Å². The topological polar surface area (TPSA) is 126 Å². The van der Waals surface area contributed by atoms with Crippen molar-refractivity contribution in [3.8, 4) is 0 Å². The van der Waals surface area contributed by atoms with Crippen molar-refractivity contribution in [2.45, 2.75) is 30.7 Å². The lowest BCUT2D eigenvalue weighted by Gasteiger charge is -2.24. The summed E-state index contributed by atoms with van der Waals surface area (Å²) < 4.78 is 74.9. The van der Waals surface area contributed by atoms with Gasteiger partial charge in [-0.1, -0.05) is 0 Å². The van der Waals surface area contributed by atoms with Gasteiger partial charge in [-0.15, -0.1) is 0 Å². The van der Waals surface area contributed by atoms with Gasteiger partial charge < -0.3 is 0 Å². The van der Waals surface area contributed by atoms with Crippen LogP contribution in [0.15, 0.2) is 23.1 Å². The fourth-order valence-electron chi connectivity index (χ4n) is 3.33. The van der Waals surface area contributed by atoms with Crippen LogP contribution in [0.5, 0.6) is 0 Å². The van der Waals surface area contributed by atoms with Gasteiger partial charge in [-0.05, 0) is 37.1 Å². The Hall–Kier alpha value is -1.50. The first-order valence-electron chi connectivity index (χ1n) is 8.20. The molecule has 27 heavy (non-hydrogen) atoms. The molecule has 1 amide bonds. The summed E-state index contributed by atoms with van der Waals surface area (Å²) in [6.45, 7) is 1.50. The van der Waals surface area contributed by atoms with E-state index in [0.29, 0.717) is 4.31 Å². The van der Waals surface area contributed by atoms with Gasteiger partial charge in [0.1, 0.15) is 0 Å². The van der Waals surface area contributed by atoms with Crippen LogP contribution in [-0.4, -0.2) is 65.8 Å². The second kappa shape index (κ2) is 6.54. The number of anilines is 1. The Morgan fingerprint density at radius 2 is 1.81 bits per heavy atom. The van der Waals surface area contributed by atoms with Gasteiger partial charge in [-0.25, -0.2) is 29.6 Å². The molecule has 2 aliphatic rings. The van der Waals surface area contributed by atoms with Crippen molar-refractivity contribution in [3.63, 3.8) is 0 Å². The molecule has 1 atom stereocenters. The number of carbonyl (C=O) groups excluding carboxylic acids is 1. The van der Waals surface area contributed by atoms with Crippen LogP contribution in [0.4, 0.5) is 5.69 Å². The number of aryl methyl sites for hydroxylation is 1. The molecule has 3 rings (SSSR count). The molecule has 0 aliphatic carbocycles. The first-order valence-corrected chi connectivity index (χ1v) is 13.1. The van der Waals surface area contributed by atoms with E-state index in [2.05, 4.69) is 0 Å². The van der Waals surface area contributed by atoms with E-state index in [1.54, 1.807) is 0 Å². The van der Waals surface area contributed by atoms with Crippen molar-refractivity contribution in [1.82, 2.24) is 4.31 Å². The van der Waals surface area contributed by atoms with Gasteiger partial charge >= 0.3 is 0 Å². The lowest BCUT2D eigenvalue weighted by Crippen LogP contribution is -2.38. The molecule has 2 aliphatic heterocycles. The minimum atomic E-state index is -3.97. The number of carbonyl (C=O) groups is 1. The molecule has 1 aromatic rings. The fraction of sp³-hybridized carbons (Fsp3) is 0.533. The highest BCUT2D eigenvalue weighted by molar-refractivity contribution is 7.94. The molecule has 2 fully saturated rings. The third kappa shape index (κ3) is 3.62. The summed E-state index contributed by atoms with van der Waals surface area (Å²) >= 11 is 0. The maximum Gasteiger partial charge on any atom is 0.243 e. The molecule has 1 aromatic carbocycles. The third-order valence-electron chi connectivity index (χ3n) is 4.85. The number of hydrogen-bond donors (Lipinski definition) is 0. The minimum absolute atomic E-state index is 0.0512. The Bertz CT molecular complexity index is 1110. The molecule has 0 radical (unpaired) electrons. The number of nitrogens with zero attached hydrogens (tertiary/aromatic N) is 2. The van der Waals surface area contributed by atoms with E-state index in [4.69, 9.17) is 0 Å². The number of sulfonamides is 2. The lowest BCUT2D eigenvalue weighted by molar-refractivity contribution is -0.116. The third-order valence-corrected chi connectivity index (χ3v) is 10.4. The molecule has 2 heterocycles. The standard InChI is InChI=1S/C15H20N2O7S3/c1-11-9-12(17-15(18)6-8-26(17,21)22)3-4-14(11)27(23,24)16(2)13-5-7-25(19,20)10-13/h3-4,9,13H,5-8,10H2,1-2H3/t13-/m1/s1. The van der Waals surface area contributed by atoms with Crippen molar-refractivity contribution in [2.24, 2.45) is 0 Å². The highest BCUT2D eigenvalue weighted by Crippen LogP contribution is 2.31. The molecular weight excluding hydrogens is 416 g/mol. The molecule has 0 unspecified atom stereocenters. The van der Waals surface area contributed by atoms with Crippen LogP contribution >= 0.6 is 0 Å². The average molecular weight is 437 g/mol. The summed E-state index contributed by atoms with van der Waals surface area (Å²) in [5.74, 6) is -1.10. The number of benzene rings is 1. The first kappa shape index (κ1) is 20.2. The molecule has 150 valence electrons. The highest BCUT2D eigenvalue weighted by atomic mass is 32.2. The van der Waals surface area contributed by atoms with Crippen LogP contribution in [-0.2, 0) is 34.7 Å². The zero-order valence-corrected chi connectivity index (χ0v) is 17.3. The summed E-state index contributed by atoms with van der Waals surface area (Å²) in [5.41, 5.74) is 0.371. The lowest BCUT2D eigenvalue weighted by atomic mass is 10.2. The predicted molar refractivity (Wildman–Crippen MR) is 99.1 cm³/mol. The van der Waals surface area contributed by atoms with Gasteiger partial charge in [0, 0.05) is 19.5 Å². The summed E-state index contributed by atoms with van der Waals surface area (Å²) in [7, 11) is -9.62. The zero-order chi connectivity index (χ0) is 20.2. The van der Waals surface area contributed by atoms with Crippen LogP contribution in [0.1, 0.15) is 18.4 Å². The molecule has 0 spiro atoms. The van der Waals surface area contributed by atoms with E-state index in [-0.39, 0.29) is 46.2 Å². The van der Waals surface area contributed by atoms with Crippen LogP contribution < -0.4 is 4.31 Å². The quantitative estimate of drug-likeness (QED) is 0.643. The highest BCUT2D eigenvalue weighted by Gasteiger charge is 2.39. The number of amides is 1. The van der Waals surface area contributed by atoms with Crippen LogP contribution in [0.25, 0.3) is 0 Å². The summed E-state index contributed by atoms with van der Waals surface area (Å²) in [4.78, 5) is 11.8. The SMILES string of the molecule is Cc1cc(N2C(=O)CCS2(=O)=O)ccc1S(=O)(=O)N(C)[C@@H]1CCS(=O)(=O)C1. The Kier molecular flexibility index (Phi) is 4.90. The van der Waals surface area contributed by atoms with Crippen molar-refractivity contribution >= 4 is 41.5 Å². The molecule has 0 saturated carbocycles. The van der Waals surface area contributed by atoms with Gasteiger partial charge in [0.2, 0.25) is 26.0 Å². The first-order chi connectivity index (χ1) is 12.3. The second-order valence-electron chi connectivity index (χ2n) is 6.75. The van der Waals surface area contributed by atoms with Crippen molar-refractivity contribution in [2.75, 3.05) is 28.6 Å². The molecule has 0 bridgehead atoms. The van der Waals surface area contributed by atoms with Crippen LogP contribution in [0.3, 0.4) is 0 Å². The fourth-order valence-corrected chi connectivity index (χ4v) is 8.24. The molecule has 0 N–H and O–H groups in total. The van der Waals surface area contributed by atoms with Gasteiger partial charge in [0.05, 0.1) is 27.8 Å². The van der Waals surface area contributed by atoms with E-state index in [9.17, 15) is 30.0 Å². The molecular formula is C15H20N2O7S3. The number of sulfone groups is 1. The van der Waals surface area contributed by atoms with Crippen LogP contribution in [0.2, 0.25) is 0 Å². The molecule has 0 aromatic heterocycles. The minimum Gasteiger partial charge on any atom is -0.273 e. The Morgan fingerprint density at radius 3 is 2.30 bits per heavy atom. The predicted octanol–water partition coefficient (Wildman–Crippen LogP) is -0.131. The number of hydrogen-bond acceptors (Lipinski definition) is 7. The normalized spacial score (nSPS) is 24.6. The largest absolute Gasteiger partial charge is 0.273 e. The zero-order valence-electron chi connectivity index (χ0n) is 14.8. The monoisotopic (exact) mass is 436 g/mol. The molecule has 12 heteroatoms. The Labute approximate surface area is 159 Å². The van der Waals surface area contributed by atoms with Gasteiger partial charge in [0.25, 0.3) is 0 Å². The van der Waals surface area contributed by atoms with E-state index in [1.165, 1.54) is 32.2 Å². The van der Waals surface area contributed by atoms with Crippen molar-refractivity contribution in [1.29, 1.82) is 0 Å². The van der Waals surface area contributed by atoms with Crippen LogP contribution in [0, 0.1) is 6.92 Å². The second-order valence-corrected chi connectivity index (χ2v) is 12.9. The van der Waals surface area contributed by atoms with E-state index in [0.717, 1.165) is 4.31 Å². The summed E-state index contributed by atoms with van der Waals surface area (Å²) in [6, 6.07) is 3.23. The number of rotatable bonds is 4. The van der Waals surface area contributed by atoms with Crippen molar-refractivity contribution in [3.05, 3.63) is 23.8 Å². The van der Waals surface area contributed by atoms with E-state index < -0.39 is 41.8 Å². The van der Waals surface area contributed by atoms with Gasteiger partial charge in [-0.3, -0.25) is 4.79 Å². The maximum atomic E-state index is 12.9. The van der Waals surface area contributed by atoms with Gasteiger partial charge in [0.15, 0.2) is 9.84 Å². The maximum absolute atomic E-state index is 12.9. The molecule has 9 nitrogen and oxygen atoms in total. The van der Waals surface area contributed by atoms with E-state index in [1.807, 2.05) is 0 Å². The van der Waals surface area contributed by atoms with Crippen molar-refractivity contribution < 1.29 is 30.0 Å². The smallest absolute Gasteiger partial charge is 0.243 e. The Morgan fingerprint density at radius 1 is 1.15 bits per heavy atom. The van der Waals surface area contributed by atoms with Gasteiger partial charge in [-0.2, -0.15) is 4.31 Å².